The normalized spacial score (nSPS) is 37.5. The van der Waals surface area contributed by atoms with Crippen LogP contribution in [0.5, 0.6) is 5.75 Å². The molecule has 24 heavy (non-hydrogen) atoms. The number of hydrogen-bond acceptors (Lipinski definition) is 3. The topological polar surface area (TPSA) is 69.6 Å². The number of aromatic hydroxyl groups is 1. The van der Waals surface area contributed by atoms with Crippen LogP contribution in [-0.2, 0) is 10.2 Å². The second-order valence-corrected chi connectivity index (χ2v) is 8.87. The van der Waals surface area contributed by atoms with Gasteiger partial charge in [-0.05, 0) is 81.4 Å². The van der Waals surface area contributed by atoms with Gasteiger partial charge in [0.1, 0.15) is 5.75 Å². The van der Waals surface area contributed by atoms with E-state index in [1.165, 1.54) is 0 Å². The molecule has 0 heterocycles. The highest BCUT2D eigenvalue weighted by molar-refractivity contribution is 5.87. The van der Waals surface area contributed by atoms with E-state index in [2.05, 4.69) is 5.32 Å². The molecule has 1 amide bonds. The van der Waals surface area contributed by atoms with Crippen LogP contribution in [0.25, 0.3) is 0 Å². The van der Waals surface area contributed by atoms with Gasteiger partial charge in [-0.2, -0.15) is 0 Å². The van der Waals surface area contributed by atoms with Crippen molar-refractivity contribution in [2.24, 2.45) is 17.8 Å². The Hall–Kier alpha value is -1.55. The molecule has 1 aromatic rings. The molecule has 0 spiro atoms. The SMILES string of the molecule is CC(C)(C(=O)NC1[C@@H]2CC3C[C@@H]1CC(O)(C3)C2)c1cccc(O)c1. The van der Waals surface area contributed by atoms with Crippen molar-refractivity contribution in [2.45, 2.75) is 63.0 Å². The molecule has 4 fully saturated rings. The summed E-state index contributed by atoms with van der Waals surface area (Å²) in [7, 11) is 0. The molecule has 0 aromatic heterocycles. The number of carbonyl (C=O) groups excluding carboxylic acids is 1. The summed E-state index contributed by atoms with van der Waals surface area (Å²) in [6.45, 7) is 3.81. The Balaban J connectivity index is 1.52. The minimum Gasteiger partial charge on any atom is -0.508 e. The second kappa shape index (κ2) is 5.22. The molecule has 4 heteroatoms. The van der Waals surface area contributed by atoms with Gasteiger partial charge in [-0.3, -0.25) is 4.79 Å². The van der Waals surface area contributed by atoms with E-state index in [1.54, 1.807) is 18.2 Å². The highest BCUT2D eigenvalue weighted by atomic mass is 16.3. The van der Waals surface area contributed by atoms with E-state index >= 15 is 0 Å². The molecule has 5 rings (SSSR count). The number of rotatable bonds is 3. The van der Waals surface area contributed by atoms with Gasteiger partial charge in [0.15, 0.2) is 0 Å². The molecule has 0 aliphatic heterocycles. The minimum atomic E-state index is -0.690. The van der Waals surface area contributed by atoms with Gasteiger partial charge in [-0.15, -0.1) is 0 Å². The van der Waals surface area contributed by atoms with Crippen LogP contribution in [0, 0.1) is 17.8 Å². The molecule has 4 aliphatic rings. The maximum Gasteiger partial charge on any atom is 0.230 e. The Bertz CT molecular complexity index is 653. The van der Waals surface area contributed by atoms with Crippen molar-refractivity contribution in [2.75, 3.05) is 0 Å². The Labute approximate surface area is 143 Å². The van der Waals surface area contributed by atoms with Gasteiger partial charge in [-0.1, -0.05) is 12.1 Å². The fourth-order valence-corrected chi connectivity index (χ4v) is 5.57. The lowest BCUT2D eigenvalue weighted by atomic mass is 9.52. The van der Waals surface area contributed by atoms with Crippen LogP contribution >= 0.6 is 0 Å². The Kier molecular flexibility index (Phi) is 3.47. The number of carbonyl (C=O) groups is 1. The molecule has 130 valence electrons. The predicted molar refractivity (Wildman–Crippen MR) is 91.6 cm³/mol. The van der Waals surface area contributed by atoms with Crippen LogP contribution in [0.1, 0.15) is 51.5 Å². The van der Waals surface area contributed by atoms with Crippen molar-refractivity contribution in [1.82, 2.24) is 5.32 Å². The first kappa shape index (κ1) is 15.9. The van der Waals surface area contributed by atoms with Crippen molar-refractivity contribution < 1.29 is 15.0 Å². The number of phenols is 1. The summed E-state index contributed by atoms with van der Waals surface area (Å²) in [5.41, 5.74) is -0.342. The van der Waals surface area contributed by atoms with E-state index in [-0.39, 0.29) is 17.7 Å². The average Bonchev–Trinajstić information content (AvgIpc) is 2.49. The molecule has 0 unspecified atom stereocenters. The molecule has 3 N–H and O–H groups in total. The van der Waals surface area contributed by atoms with Crippen LogP contribution < -0.4 is 5.32 Å². The van der Waals surface area contributed by atoms with Crippen molar-refractivity contribution in [3.05, 3.63) is 29.8 Å². The summed E-state index contributed by atoms with van der Waals surface area (Å²) in [5.74, 6) is 1.65. The maximum absolute atomic E-state index is 13.0. The molecule has 1 aromatic carbocycles. The molecule has 4 saturated carbocycles. The standard InChI is InChI=1S/C20H27NO3/c1-19(2,15-4-3-5-16(22)8-15)18(23)21-17-13-6-12-7-14(17)11-20(24,9-12)10-13/h3-5,8,12-14,17,22,24H,6-7,9-11H2,1-2H3,(H,21,23)/t12?,13-,14-,17?,20?/m1/s1. The molecule has 4 aliphatic carbocycles. The van der Waals surface area contributed by atoms with Crippen LogP contribution in [0.2, 0.25) is 0 Å². The fraction of sp³-hybridized carbons (Fsp3) is 0.650. The maximum atomic E-state index is 13.0. The summed E-state index contributed by atoms with van der Waals surface area (Å²) in [6.07, 6.45) is 4.89. The van der Waals surface area contributed by atoms with Gasteiger partial charge >= 0.3 is 0 Å². The Morgan fingerprint density at radius 1 is 1.21 bits per heavy atom. The summed E-state index contributed by atoms with van der Waals surface area (Å²) in [6, 6.07) is 7.14. The molecule has 4 bridgehead atoms. The highest BCUT2D eigenvalue weighted by Crippen LogP contribution is 2.55. The number of phenolic OH excluding ortho intramolecular Hbond substituents is 1. The van der Waals surface area contributed by atoms with Crippen molar-refractivity contribution >= 4 is 5.91 Å². The first-order chi connectivity index (χ1) is 11.3. The smallest absolute Gasteiger partial charge is 0.230 e. The summed E-state index contributed by atoms with van der Waals surface area (Å²) in [4.78, 5) is 13.0. The average molecular weight is 329 g/mol. The number of hydrogen-bond donors (Lipinski definition) is 3. The Morgan fingerprint density at radius 3 is 2.46 bits per heavy atom. The fourth-order valence-electron chi connectivity index (χ4n) is 5.57. The largest absolute Gasteiger partial charge is 0.508 e. The van der Waals surface area contributed by atoms with Gasteiger partial charge in [0.05, 0.1) is 11.0 Å². The van der Waals surface area contributed by atoms with Crippen molar-refractivity contribution in [3.63, 3.8) is 0 Å². The van der Waals surface area contributed by atoms with Gasteiger partial charge in [0.2, 0.25) is 5.91 Å². The third-order valence-corrected chi connectivity index (χ3v) is 6.67. The van der Waals surface area contributed by atoms with Gasteiger partial charge in [-0.25, -0.2) is 0 Å². The van der Waals surface area contributed by atoms with E-state index in [1.807, 2.05) is 19.9 Å². The summed E-state index contributed by atoms with van der Waals surface area (Å²) < 4.78 is 0. The van der Waals surface area contributed by atoms with E-state index < -0.39 is 11.0 Å². The number of aliphatic hydroxyl groups is 1. The van der Waals surface area contributed by atoms with Crippen LogP contribution in [0.4, 0.5) is 0 Å². The third kappa shape index (κ3) is 2.52. The zero-order valence-corrected chi connectivity index (χ0v) is 14.5. The van der Waals surface area contributed by atoms with Gasteiger partial charge < -0.3 is 15.5 Å². The van der Waals surface area contributed by atoms with E-state index in [0.29, 0.717) is 17.8 Å². The third-order valence-electron chi connectivity index (χ3n) is 6.67. The van der Waals surface area contributed by atoms with Crippen molar-refractivity contribution in [1.29, 1.82) is 0 Å². The molecule has 0 radical (unpaired) electrons. The van der Waals surface area contributed by atoms with Crippen LogP contribution in [-0.4, -0.2) is 27.8 Å². The van der Waals surface area contributed by atoms with Gasteiger partial charge in [0.25, 0.3) is 0 Å². The second-order valence-electron chi connectivity index (χ2n) is 8.87. The van der Waals surface area contributed by atoms with Crippen LogP contribution in [0.3, 0.4) is 0 Å². The lowest BCUT2D eigenvalue weighted by molar-refractivity contribution is -0.148. The molecule has 4 nitrogen and oxygen atoms in total. The van der Waals surface area contributed by atoms with E-state index in [9.17, 15) is 15.0 Å². The zero-order valence-electron chi connectivity index (χ0n) is 14.5. The minimum absolute atomic E-state index is 0.0116. The summed E-state index contributed by atoms with van der Waals surface area (Å²) >= 11 is 0. The van der Waals surface area contributed by atoms with Crippen LogP contribution in [0.15, 0.2) is 24.3 Å². The molecule has 0 saturated heterocycles. The first-order valence-electron chi connectivity index (χ1n) is 9.10. The predicted octanol–water partition coefficient (Wildman–Crippen LogP) is 2.73. The molecular weight excluding hydrogens is 302 g/mol. The lowest BCUT2D eigenvalue weighted by Crippen LogP contribution is -2.62. The molecular formula is C20H27NO3. The highest BCUT2D eigenvalue weighted by Gasteiger charge is 2.55. The number of amides is 1. The van der Waals surface area contributed by atoms with Gasteiger partial charge in [0, 0.05) is 6.04 Å². The summed E-state index contributed by atoms with van der Waals surface area (Å²) in [5, 5.41) is 23.7. The zero-order chi connectivity index (χ0) is 17.1. The van der Waals surface area contributed by atoms with E-state index in [4.69, 9.17) is 0 Å². The number of nitrogens with one attached hydrogen (secondary N) is 1. The van der Waals surface area contributed by atoms with E-state index in [0.717, 1.165) is 37.7 Å². The van der Waals surface area contributed by atoms with Crippen molar-refractivity contribution in [3.8, 4) is 5.75 Å². The Morgan fingerprint density at radius 2 is 1.88 bits per heavy atom. The monoisotopic (exact) mass is 329 g/mol. The number of benzene rings is 1. The first-order valence-corrected chi connectivity index (χ1v) is 9.10. The lowest BCUT2D eigenvalue weighted by Gasteiger charge is -2.58. The molecule has 2 atom stereocenters. The quantitative estimate of drug-likeness (QED) is 0.798.